The highest BCUT2D eigenvalue weighted by Gasteiger charge is 2.23. The zero-order chi connectivity index (χ0) is 15.0. The van der Waals surface area contributed by atoms with Crippen LogP contribution >= 0.6 is 11.5 Å². The van der Waals surface area contributed by atoms with E-state index in [1.807, 2.05) is 19.2 Å². The molecule has 1 N–H and O–H groups in total. The summed E-state index contributed by atoms with van der Waals surface area (Å²) in [6.45, 7) is 1.57. The van der Waals surface area contributed by atoms with Gasteiger partial charge in [-0.2, -0.15) is 4.37 Å². The smallest absolute Gasteiger partial charge is 0.273 e. The molecule has 1 aliphatic rings. The number of hydrogen-bond donors (Lipinski definition) is 1. The van der Waals surface area contributed by atoms with Gasteiger partial charge in [-0.15, -0.1) is 0 Å². The van der Waals surface area contributed by atoms with Gasteiger partial charge in [0.05, 0.1) is 12.8 Å². The maximum absolute atomic E-state index is 12.4. The Kier molecular flexibility index (Phi) is 3.60. The number of nitrogens with one attached hydrogen (secondary N) is 1. The Morgan fingerprint density at radius 3 is 2.90 bits per heavy atom. The minimum absolute atomic E-state index is 0.142. The molecule has 21 heavy (non-hydrogen) atoms. The fourth-order valence-corrected chi connectivity index (χ4v) is 4.27. The summed E-state index contributed by atoms with van der Waals surface area (Å²) in [6.07, 6.45) is 0. The topological polar surface area (TPSA) is 71.5 Å². The van der Waals surface area contributed by atoms with E-state index in [1.165, 1.54) is 13.2 Å². The number of fused-ring (bicyclic) bond motifs is 1. The van der Waals surface area contributed by atoms with Crippen LogP contribution in [0, 0.1) is 0 Å². The Hall–Kier alpha value is -1.64. The van der Waals surface area contributed by atoms with Crippen LogP contribution in [0.25, 0.3) is 0 Å². The Labute approximate surface area is 127 Å². The molecule has 0 saturated carbocycles. The molecule has 112 valence electrons. The number of hydrogen-bond acceptors (Lipinski definition) is 6. The van der Waals surface area contributed by atoms with Gasteiger partial charge in [-0.3, -0.25) is 9.62 Å². The fourth-order valence-electron chi connectivity index (χ4n) is 2.34. The predicted molar refractivity (Wildman–Crippen MR) is 81.1 cm³/mol. The van der Waals surface area contributed by atoms with Gasteiger partial charge in [-0.1, -0.05) is 12.1 Å². The molecular weight excluding hydrogens is 310 g/mol. The van der Waals surface area contributed by atoms with E-state index in [9.17, 15) is 8.42 Å². The fraction of sp³-hybridized carbons (Fsp3) is 0.308. The van der Waals surface area contributed by atoms with Gasteiger partial charge in [0.25, 0.3) is 10.0 Å². The highest BCUT2D eigenvalue weighted by atomic mass is 32.2. The third kappa shape index (κ3) is 2.74. The molecule has 0 fully saturated rings. The molecule has 0 radical (unpaired) electrons. The van der Waals surface area contributed by atoms with E-state index in [1.54, 1.807) is 6.07 Å². The first-order chi connectivity index (χ1) is 9.99. The Balaban J connectivity index is 1.92. The van der Waals surface area contributed by atoms with Gasteiger partial charge in [0.1, 0.15) is 0 Å². The first-order valence-electron chi connectivity index (χ1n) is 6.32. The molecule has 0 amide bonds. The van der Waals surface area contributed by atoms with Gasteiger partial charge >= 0.3 is 0 Å². The average molecular weight is 325 g/mol. The number of aromatic nitrogens is 1. The second-order valence-corrected chi connectivity index (χ2v) is 7.62. The highest BCUT2D eigenvalue weighted by molar-refractivity contribution is 7.94. The number of ether oxygens (including phenoxy) is 1. The summed E-state index contributed by atoms with van der Waals surface area (Å²) in [4.78, 5) is 2.14. The maximum atomic E-state index is 12.4. The van der Waals surface area contributed by atoms with Crippen LogP contribution in [0.4, 0.5) is 5.69 Å². The molecule has 3 rings (SSSR count). The summed E-state index contributed by atoms with van der Waals surface area (Å²) in [6, 6.07) is 7.09. The van der Waals surface area contributed by atoms with E-state index in [4.69, 9.17) is 4.74 Å². The quantitative estimate of drug-likeness (QED) is 0.929. The van der Waals surface area contributed by atoms with Crippen molar-refractivity contribution in [1.82, 2.24) is 9.27 Å². The van der Waals surface area contributed by atoms with Crippen molar-refractivity contribution in [3.05, 3.63) is 35.4 Å². The minimum Gasteiger partial charge on any atom is -0.480 e. The summed E-state index contributed by atoms with van der Waals surface area (Å²) in [5.74, 6) is 0.304. The lowest BCUT2D eigenvalue weighted by Gasteiger charge is -2.10. The largest absolute Gasteiger partial charge is 0.480 e. The van der Waals surface area contributed by atoms with Crippen molar-refractivity contribution in [2.75, 3.05) is 18.9 Å². The van der Waals surface area contributed by atoms with Gasteiger partial charge < -0.3 is 4.74 Å². The van der Waals surface area contributed by atoms with Gasteiger partial charge in [0, 0.05) is 19.2 Å². The van der Waals surface area contributed by atoms with Crippen LogP contribution in [0.2, 0.25) is 0 Å². The number of sulfonamides is 1. The molecule has 0 bridgehead atoms. The van der Waals surface area contributed by atoms with Crippen LogP contribution in [0.5, 0.6) is 5.88 Å². The molecule has 0 saturated heterocycles. The number of methoxy groups -OCH3 is 1. The lowest BCUT2D eigenvalue weighted by molar-refractivity contribution is 0.353. The van der Waals surface area contributed by atoms with Crippen LogP contribution in [-0.4, -0.2) is 31.8 Å². The minimum atomic E-state index is -3.63. The summed E-state index contributed by atoms with van der Waals surface area (Å²) < 4.78 is 36.4. The van der Waals surface area contributed by atoms with Crippen molar-refractivity contribution in [3.8, 4) is 5.88 Å². The molecule has 8 heteroatoms. The number of nitrogens with zero attached hydrogens (tertiary/aromatic N) is 2. The van der Waals surface area contributed by atoms with E-state index in [2.05, 4.69) is 14.0 Å². The van der Waals surface area contributed by atoms with Crippen molar-refractivity contribution < 1.29 is 13.2 Å². The van der Waals surface area contributed by atoms with Crippen LogP contribution < -0.4 is 9.46 Å². The van der Waals surface area contributed by atoms with E-state index >= 15 is 0 Å². The van der Waals surface area contributed by atoms with Crippen LogP contribution in [0.1, 0.15) is 11.1 Å². The lowest BCUT2D eigenvalue weighted by atomic mass is 10.1. The molecule has 6 nitrogen and oxygen atoms in total. The van der Waals surface area contributed by atoms with Gasteiger partial charge in [0.15, 0.2) is 4.21 Å². The summed E-state index contributed by atoms with van der Waals surface area (Å²) >= 11 is 0.898. The van der Waals surface area contributed by atoms with Crippen molar-refractivity contribution in [2.24, 2.45) is 0 Å². The van der Waals surface area contributed by atoms with Crippen LogP contribution in [-0.2, 0) is 23.1 Å². The van der Waals surface area contributed by atoms with E-state index in [-0.39, 0.29) is 4.21 Å². The summed E-state index contributed by atoms with van der Waals surface area (Å²) in [5, 5.41) is 0. The third-order valence-electron chi connectivity index (χ3n) is 3.33. The predicted octanol–water partition coefficient (Wildman–Crippen LogP) is 1.90. The van der Waals surface area contributed by atoms with Crippen molar-refractivity contribution in [3.63, 3.8) is 0 Å². The van der Waals surface area contributed by atoms with Crippen molar-refractivity contribution >= 4 is 27.2 Å². The highest BCUT2D eigenvalue weighted by Crippen LogP contribution is 2.31. The molecule has 1 aromatic carbocycles. The normalized spacial score (nSPS) is 15.0. The zero-order valence-corrected chi connectivity index (χ0v) is 13.3. The molecular formula is C13H15N3O3S2. The second kappa shape index (κ2) is 5.28. The van der Waals surface area contributed by atoms with Gasteiger partial charge in [0.2, 0.25) is 5.88 Å². The number of anilines is 1. The second-order valence-electron chi connectivity index (χ2n) is 4.91. The SMILES string of the molecule is COc1cc(S(=O)(=O)Nc2cccc3c2CN(C)C3)sn1. The monoisotopic (exact) mass is 325 g/mol. The van der Waals surface area contributed by atoms with E-state index in [0.717, 1.165) is 35.7 Å². The molecule has 2 aromatic rings. The summed E-state index contributed by atoms with van der Waals surface area (Å²) in [5.41, 5.74) is 2.81. The first kappa shape index (κ1) is 14.3. The Morgan fingerprint density at radius 1 is 1.38 bits per heavy atom. The standard InChI is InChI=1S/C13H15N3O3S2/c1-16-7-9-4-3-5-11(10(9)8-16)15-21(17,18)13-6-12(19-2)14-20-13/h3-6,15H,7-8H2,1-2H3. The Morgan fingerprint density at radius 2 is 2.19 bits per heavy atom. The third-order valence-corrected chi connectivity index (χ3v) is 5.91. The maximum Gasteiger partial charge on any atom is 0.273 e. The molecule has 0 atom stereocenters. The molecule has 2 heterocycles. The van der Waals surface area contributed by atoms with Gasteiger partial charge in [-0.05, 0) is 35.8 Å². The first-order valence-corrected chi connectivity index (χ1v) is 8.58. The lowest BCUT2D eigenvalue weighted by Crippen LogP contribution is -2.13. The number of rotatable bonds is 4. The van der Waals surface area contributed by atoms with E-state index in [0.29, 0.717) is 11.6 Å². The van der Waals surface area contributed by atoms with Crippen LogP contribution in [0.3, 0.4) is 0 Å². The van der Waals surface area contributed by atoms with Crippen molar-refractivity contribution in [2.45, 2.75) is 17.3 Å². The Bertz CT molecular complexity index is 771. The average Bonchev–Trinajstić information content (AvgIpc) is 3.04. The molecule has 0 spiro atoms. The summed E-state index contributed by atoms with van der Waals surface area (Å²) in [7, 11) is -0.171. The molecule has 1 aromatic heterocycles. The number of benzene rings is 1. The molecule has 0 unspecified atom stereocenters. The van der Waals surface area contributed by atoms with Crippen LogP contribution in [0.15, 0.2) is 28.5 Å². The van der Waals surface area contributed by atoms with Gasteiger partial charge in [-0.25, -0.2) is 8.42 Å². The van der Waals surface area contributed by atoms with Crippen molar-refractivity contribution in [1.29, 1.82) is 0 Å². The molecule has 1 aliphatic heterocycles. The van der Waals surface area contributed by atoms with E-state index < -0.39 is 10.0 Å². The molecule has 0 aliphatic carbocycles. The zero-order valence-electron chi connectivity index (χ0n) is 11.7.